The maximum Gasteiger partial charge on any atom is 0.311 e. The van der Waals surface area contributed by atoms with Crippen molar-refractivity contribution in [3.05, 3.63) is 0 Å². The second-order valence-corrected chi connectivity index (χ2v) is 7.94. The average Bonchev–Trinajstić information content (AvgIpc) is 2.44. The number of hydrogen-bond donors (Lipinski definition) is 1. The van der Waals surface area contributed by atoms with Gasteiger partial charge in [0.25, 0.3) is 0 Å². The van der Waals surface area contributed by atoms with E-state index in [9.17, 15) is 9.59 Å². The molecule has 4 aliphatic carbocycles. The van der Waals surface area contributed by atoms with Gasteiger partial charge in [0, 0.05) is 18.6 Å². The molecule has 0 aromatic rings. The van der Waals surface area contributed by atoms with Crippen LogP contribution in [0, 0.1) is 17.8 Å². The zero-order valence-corrected chi connectivity index (χ0v) is 14.1. The van der Waals surface area contributed by atoms with Gasteiger partial charge in [-0.1, -0.05) is 13.8 Å². The lowest BCUT2D eigenvalue weighted by atomic mass is 9.53. The van der Waals surface area contributed by atoms with Crippen LogP contribution >= 0.6 is 0 Å². The van der Waals surface area contributed by atoms with E-state index in [1.165, 1.54) is 19.3 Å². The highest BCUT2D eigenvalue weighted by molar-refractivity contribution is 6.35. The summed E-state index contributed by atoms with van der Waals surface area (Å²) in [6, 6.07) is 0. The second-order valence-electron chi connectivity index (χ2n) is 7.94. The van der Waals surface area contributed by atoms with Crippen LogP contribution in [0.3, 0.4) is 0 Å². The van der Waals surface area contributed by atoms with E-state index in [0.717, 1.165) is 49.9 Å². The number of amides is 2. The standard InChI is InChI=1S/C18H30N2O2/c1-3-5-20(6-4-2)17(22)16(21)19-18-10-13-7-14(11-18)9-15(8-13)12-18/h13-15H,3-12H2,1-2H3,(H,19,21). The minimum Gasteiger partial charge on any atom is -0.342 e. The van der Waals surface area contributed by atoms with Gasteiger partial charge in [-0.05, 0) is 69.1 Å². The molecule has 22 heavy (non-hydrogen) atoms. The van der Waals surface area contributed by atoms with Crippen LogP contribution in [0.25, 0.3) is 0 Å². The van der Waals surface area contributed by atoms with Crippen molar-refractivity contribution in [2.24, 2.45) is 17.8 Å². The van der Waals surface area contributed by atoms with Gasteiger partial charge < -0.3 is 10.2 Å². The van der Waals surface area contributed by atoms with E-state index in [0.29, 0.717) is 13.1 Å². The Labute approximate surface area is 134 Å². The smallest absolute Gasteiger partial charge is 0.311 e. The predicted molar refractivity (Wildman–Crippen MR) is 86.2 cm³/mol. The summed E-state index contributed by atoms with van der Waals surface area (Å²) in [6.07, 6.45) is 9.13. The van der Waals surface area contributed by atoms with Crippen molar-refractivity contribution in [2.75, 3.05) is 13.1 Å². The normalized spacial score (nSPS) is 35.5. The molecule has 4 heteroatoms. The molecule has 4 saturated carbocycles. The summed E-state index contributed by atoms with van der Waals surface area (Å²) in [6.45, 7) is 5.46. The van der Waals surface area contributed by atoms with Crippen LogP contribution in [-0.2, 0) is 9.59 Å². The predicted octanol–water partition coefficient (Wildman–Crippen LogP) is 2.72. The lowest BCUT2D eigenvalue weighted by molar-refractivity contribution is -0.148. The molecule has 1 N–H and O–H groups in total. The van der Waals surface area contributed by atoms with Crippen molar-refractivity contribution in [3.8, 4) is 0 Å². The quantitative estimate of drug-likeness (QED) is 0.794. The molecule has 0 saturated heterocycles. The van der Waals surface area contributed by atoms with Gasteiger partial charge in [-0.2, -0.15) is 0 Å². The number of carbonyl (C=O) groups is 2. The molecule has 0 heterocycles. The molecule has 0 spiro atoms. The summed E-state index contributed by atoms with van der Waals surface area (Å²) in [7, 11) is 0. The summed E-state index contributed by atoms with van der Waals surface area (Å²) >= 11 is 0. The Morgan fingerprint density at radius 1 is 0.955 bits per heavy atom. The molecule has 0 aromatic heterocycles. The van der Waals surface area contributed by atoms with Gasteiger partial charge in [-0.3, -0.25) is 9.59 Å². The molecule has 0 aromatic carbocycles. The van der Waals surface area contributed by atoms with Crippen LogP contribution in [0.15, 0.2) is 0 Å². The first-order chi connectivity index (χ1) is 10.5. The Bertz CT molecular complexity index is 405. The van der Waals surface area contributed by atoms with Crippen LogP contribution in [-0.4, -0.2) is 35.3 Å². The number of hydrogen-bond acceptors (Lipinski definition) is 2. The monoisotopic (exact) mass is 306 g/mol. The van der Waals surface area contributed by atoms with Gasteiger partial charge in [0.05, 0.1) is 0 Å². The Balaban J connectivity index is 1.64. The first-order valence-corrected chi connectivity index (χ1v) is 9.16. The maximum absolute atomic E-state index is 12.5. The lowest BCUT2D eigenvalue weighted by Crippen LogP contribution is -2.62. The van der Waals surface area contributed by atoms with Gasteiger partial charge in [-0.25, -0.2) is 0 Å². The fourth-order valence-corrected chi connectivity index (χ4v) is 5.56. The minimum absolute atomic E-state index is 0.0639. The van der Waals surface area contributed by atoms with Crippen molar-refractivity contribution in [2.45, 2.75) is 70.8 Å². The molecule has 2 amide bonds. The molecule has 0 atom stereocenters. The number of nitrogens with zero attached hydrogens (tertiary/aromatic N) is 1. The van der Waals surface area contributed by atoms with E-state index < -0.39 is 0 Å². The van der Waals surface area contributed by atoms with Crippen LogP contribution in [0.1, 0.15) is 65.2 Å². The molecule has 0 radical (unpaired) electrons. The van der Waals surface area contributed by atoms with Gasteiger partial charge in [0.15, 0.2) is 0 Å². The average molecular weight is 306 g/mol. The number of nitrogens with one attached hydrogen (secondary N) is 1. The Hall–Kier alpha value is -1.06. The molecular formula is C18H30N2O2. The summed E-state index contributed by atoms with van der Waals surface area (Å²) in [4.78, 5) is 26.7. The summed E-state index contributed by atoms with van der Waals surface area (Å²) in [5, 5.41) is 3.19. The molecule has 4 aliphatic rings. The van der Waals surface area contributed by atoms with Gasteiger partial charge in [-0.15, -0.1) is 0 Å². The van der Waals surface area contributed by atoms with Crippen molar-refractivity contribution >= 4 is 11.8 Å². The molecule has 4 bridgehead atoms. The maximum atomic E-state index is 12.5. The number of rotatable bonds is 5. The fourth-order valence-electron chi connectivity index (χ4n) is 5.56. The van der Waals surface area contributed by atoms with E-state index in [1.807, 2.05) is 13.8 Å². The highest BCUT2D eigenvalue weighted by atomic mass is 16.2. The lowest BCUT2D eigenvalue weighted by Gasteiger charge is -2.56. The largest absolute Gasteiger partial charge is 0.342 e. The van der Waals surface area contributed by atoms with E-state index in [4.69, 9.17) is 0 Å². The van der Waals surface area contributed by atoms with Gasteiger partial charge >= 0.3 is 11.8 Å². The third-order valence-corrected chi connectivity index (χ3v) is 5.89. The SMILES string of the molecule is CCCN(CCC)C(=O)C(=O)NC12CC3CC(CC(C3)C1)C2. The first-order valence-electron chi connectivity index (χ1n) is 9.16. The Morgan fingerprint density at radius 2 is 1.41 bits per heavy atom. The van der Waals surface area contributed by atoms with Crippen molar-refractivity contribution < 1.29 is 9.59 Å². The van der Waals surface area contributed by atoms with E-state index in [-0.39, 0.29) is 17.4 Å². The Morgan fingerprint density at radius 3 is 1.82 bits per heavy atom. The van der Waals surface area contributed by atoms with E-state index in [2.05, 4.69) is 5.32 Å². The molecule has 0 aliphatic heterocycles. The Kier molecular flexibility index (Phi) is 4.47. The molecule has 0 unspecified atom stereocenters. The summed E-state index contributed by atoms with van der Waals surface area (Å²) in [5.41, 5.74) is -0.0639. The van der Waals surface area contributed by atoms with Crippen molar-refractivity contribution in [3.63, 3.8) is 0 Å². The highest BCUT2D eigenvalue weighted by Gasteiger charge is 2.52. The molecule has 4 nitrogen and oxygen atoms in total. The zero-order valence-electron chi connectivity index (χ0n) is 14.1. The van der Waals surface area contributed by atoms with E-state index >= 15 is 0 Å². The molecular weight excluding hydrogens is 276 g/mol. The molecule has 4 fully saturated rings. The fraction of sp³-hybridized carbons (Fsp3) is 0.889. The molecule has 4 rings (SSSR count). The van der Waals surface area contributed by atoms with Crippen LogP contribution in [0.4, 0.5) is 0 Å². The zero-order chi connectivity index (χ0) is 15.7. The number of carbonyl (C=O) groups excluding carboxylic acids is 2. The molecule has 124 valence electrons. The first kappa shape index (κ1) is 15.8. The van der Waals surface area contributed by atoms with Crippen molar-refractivity contribution in [1.82, 2.24) is 10.2 Å². The van der Waals surface area contributed by atoms with Gasteiger partial charge in [0.2, 0.25) is 0 Å². The van der Waals surface area contributed by atoms with Crippen molar-refractivity contribution in [1.29, 1.82) is 0 Å². The highest BCUT2D eigenvalue weighted by Crippen LogP contribution is 2.55. The summed E-state index contributed by atoms with van der Waals surface area (Å²) in [5.74, 6) is 1.67. The van der Waals surface area contributed by atoms with Gasteiger partial charge in [0.1, 0.15) is 0 Å². The van der Waals surface area contributed by atoms with Crippen LogP contribution < -0.4 is 5.32 Å². The third-order valence-electron chi connectivity index (χ3n) is 5.89. The summed E-state index contributed by atoms with van der Waals surface area (Å²) < 4.78 is 0. The second kappa shape index (κ2) is 6.21. The third kappa shape index (κ3) is 3.02. The van der Waals surface area contributed by atoms with Crippen LogP contribution in [0.5, 0.6) is 0 Å². The topological polar surface area (TPSA) is 49.4 Å². The van der Waals surface area contributed by atoms with Crippen LogP contribution in [0.2, 0.25) is 0 Å². The van der Waals surface area contributed by atoms with E-state index in [1.54, 1.807) is 4.90 Å². The minimum atomic E-state index is -0.358.